The van der Waals surface area contributed by atoms with Gasteiger partial charge in [-0.3, -0.25) is 0 Å². The van der Waals surface area contributed by atoms with Crippen molar-refractivity contribution in [1.82, 2.24) is 5.32 Å². The number of carbonyl (C=O) groups is 2. The Labute approximate surface area is 123 Å². The van der Waals surface area contributed by atoms with Gasteiger partial charge in [-0.05, 0) is 42.9 Å². The van der Waals surface area contributed by atoms with Crippen molar-refractivity contribution in [2.45, 2.75) is 39.2 Å². The second-order valence-corrected chi connectivity index (χ2v) is 6.24. The monoisotopic (exact) mass is 292 g/mol. The van der Waals surface area contributed by atoms with Crippen LogP contribution in [0.5, 0.6) is 5.75 Å². The lowest BCUT2D eigenvalue weighted by Crippen LogP contribution is -2.36. The van der Waals surface area contributed by atoms with Crippen molar-refractivity contribution < 1.29 is 19.8 Å². The summed E-state index contributed by atoms with van der Waals surface area (Å²) in [4.78, 5) is 22.8. The molecule has 21 heavy (non-hydrogen) atoms. The minimum Gasteiger partial charge on any atom is -0.507 e. The summed E-state index contributed by atoms with van der Waals surface area (Å²) in [6.45, 7) is 4.34. The second kappa shape index (κ2) is 5.63. The topological polar surface area (TPSA) is 98.7 Å². The highest BCUT2D eigenvalue weighted by molar-refractivity contribution is 5.95. The van der Waals surface area contributed by atoms with Crippen LogP contribution in [0.1, 0.15) is 43.5 Å². The van der Waals surface area contributed by atoms with Crippen LogP contribution in [-0.4, -0.2) is 28.3 Å². The van der Waals surface area contributed by atoms with Crippen LogP contribution in [0.4, 0.5) is 10.5 Å². The van der Waals surface area contributed by atoms with Gasteiger partial charge in [-0.25, -0.2) is 9.59 Å². The van der Waals surface area contributed by atoms with Crippen LogP contribution in [0.25, 0.3) is 0 Å². The van der Waals surface area contributed by atoms with E-state index in [1.54, 1.807) is 0 Å². The molecule has 1 unspecified atom stereocenters. The molecular formula is C15H20N2O4. The molecule has 6 heteroatoms. The molecule has 1 fully saturated rings. The Bertz CT molecular complexity index is 569. The summed E-state index contributed by atoms with van der Waals surface area (Å²) in [7, 11) is 0. The van der Waals surface area contributed by atoms with Gasteiger partial charge in [0.15, 0.2) is 0 Å². The summed E-state index contributed by atoms with van der Waals surface area (Å²) in [5, 5.41) is 23.8. The van der Waals surface area contributed by atoms with E-state index in [1.165, 1.54) is 18.2 Å². The molecular weight excluding hydrogens is 272 g/mol. The second-order valence-electron chi connectivity index (χ2n) is 6.24. The summed E-state index contributed by atoms with van der Waals surface area (Å²) in [6.07, 6.45) is 2.94. The highest BCUT2D eigenvalue weighted by Crippen LogP contribution is 2.36. The number of benzene rings is 1. The number of aromatic carboxylic acids is 1. The number of urea groups is 1. The lowest BCUT2D eigenvalue weighted by Gasteiger charge is -2.18. The van der Waals surface area contributed by atoms with Crippen LogP contribution in [0.3, 0.4) is 0 Å². The van der Waals surface area contributed by atoms with Gasteiger partial charge in [-0.15, -0.1) is 0 Å². The standard InChI is InChI=1S/C15H20N2O4/c1-15(2)6-5-10(8-15)17-14(21)16-9-3-4-12(18)11(7-9)13(19)20/h3-4,7,10,18H,5-6,8H2,1-2H3,(H,19,20)(H2,16,17,21). The minimum absolute atomic E-state index is 0.135. The summed E-state index contributed by atoms with van der Waals surface area (Å²) in [5.41, 5.74) is 0.335. The summed E-state index contributed by atoms with van der Waals surface area (Å²) < 4.78 is 0. The van der Waals surface area contributed by atoms with Gasteiger partial charge < -0.3 is 20.8 Å². The fourth-order valence-corrected chi connectivity index (χ4v) is 2.70. The van der Waals surface area contributed by atoms with Crippen LogP contribution in [-0.2, 0) is 0 Å². The third-order valence-corrected chi connectivity index (χ3v) is 3.79. The predicted octanol–water partition coefficient (Wildman–Crippen LogP) is 2.79. The number of hydrogen-bond donors (Lipinski definition) is 4. The first-order chi connectivity index (χ1) is 9.77. The third-order valence-electron chi connectivity index (χ3n) is 3.79. The normalized spacial score (nSPS) is 20.0. The van der Waals surface area contributed by atoms with Crippen molar-refractivity contribution in [1.29, 1.82) is 0 Å². The highest BCUT2D eigenvalue weighted by atomic mass is 16.4. The number of anilines is 1. The molecule has 1 aromatic carbocycles. The Hall–Kier alpha value is -2.24. The van der Waals surface area contributed by atoms with Gasteiger partial charge in [0.2, 0.25) is 0 Å². The Morgan fingerprint density at radius 2 is 2.05 bits per heavy atom. The predicted molar refractivity (Wildman–Crippen MR) is 78.6 cm³/mol. The van der Waals surface area contributed by atoms with Gasteiger partial charge in [0.25, 0.3) is 0 Å². The zero-order valence-corrected chi connectivity index (χ0v) is 12.1. The maximum Gasteiger partial charge on any atom is 0.339 e. The molecule has 0 radical (unpaired) electrons. The molecule has 0 spiro atoms. The molecule has 0 heterocycles. The van der Waals surface area contributed by atoms with E-state index in [9.17, 15) is 14.7 Å². The van der Waals surface area contributed by atoms with Gasteiger partial charge in [-0.2, -0.15) is 0 Å². The van der Waals surface area contributed by atoms with E-state index in [0.717, 1.165) is 19.3 Å². The van der Waals surface area contributed by atoms with Crippen molar-refractivity contribution in [2.24, 2.45) is 5.41 Å². The van der Waals surface area contributed by atoms with E-state index in [2.05, 4.69) is 24.5 Å². The van der Waals surface area contributed by atoms with E-state index in [4.69, 9.17) is 5.11 Å². The van der Waals surface area contributed by atoms with Crippen LogP contribution < -0.4 is 10.6 Å². The van der Waals surface area contributed by atoms with Gasteiger partial charge in [0, 0.05) is 11.7 Å². The maximum absolute atomic E-state index is 11.9. The molecule has 0 saturated heterocycles. The lowest BCUT2D eigenvalue weighted by molar-refractivity contribution is 0.0693. The number of phenols is 1. The van der Waals surface area contributed by atoms with E-state index >= 15 is 0 Å². The average molecular weight is 292 g/mol. The lowest BCUT2D eigenvalue weighted by atomic mass is 9.92. The Morgan fingerprint density at radius 3 is 2.62 bits per heavy atom. The fraction of sp³-hybridized carbons (Fsp3) is 0.467. The molecule has 4 N–H and O–H groups in total. The summed E-state index contributed by atoms with van der Waals surface area (Å²) >= 11 is 0. The Kier molecular flexibility index (Phi) is 4.06. The number of carboxylic acids is 1. The van der Waals surface area contributed by atoms with Gasteiger partial charge in [0.05, 0.1) is 0 Å². The molecule has 0 bridgehead atoms. The summed E-state index contributed by atoms with van der Waals surface area (Å²) in [5.74, 6) is -1.57. The molecule has 2 amide bonds. The zero-order valence-electron chi connectivity index (χ0n) is 12.1. The smallest absolute Gasteiger partial charge is 0.339 e. The molecule has 1 atom stereocenters. The molecule has 0 aliphatic heterocycles. The number of amides is 2. The largest absolute Gasteiger partial charge is 0.507 e. The number of carbonyl (C=O) groups excluding carboxylic acids is 1. The molecule has 1 aliphatic carbocycles. The maximum atomic E-state index is 11.9. The molecule has 0 aromatic heterocycles. The quantitative estimate of drug-likeness (QED) is 0.644. The number of carboxylic acid groups (broad SMARTS) is 1. The molecule has 1 aromatic rings. The minimum atomic E-state index is -1.24. The first-order valence-corrected chi connectivity index (χ1v) is 6.91. The van der Waals surface area contributed by atoms with Crippen molar-refractivity contribution >= 4 is 17.7 Å². The summed E-state index contributed by atoms with van der Waals surface area (Å²) in [6, 6.07) is 3.71. The number of hydrogen-bond acceptors (Lipinski definition) is 3. The van der Waals surface area contributed by atoms with Gasteiger partial charge in [-0.1, -0.05) is 13.8 Å². The molecule has 114 valence electrons. The van der Waals surface area contributed by atoms with Crippen LogP contribution >= 0.6 is 0 Å². The number of aromatic hydroxyl groups is 1. The SMILES string of the molecule is CC1(C)CCC(NC(=O)Nc2ccc(O)c(C(=O)O)c2)C1. The number of nitrogens with one attached hydrogen (secondary N) is 2. The van der Waals surface area contributed by atoms with Crippen LogP contribution in [0.15, 0.2) is 18.2 Å². The van der Waals surface area contributed by atoms with Gasteiger partial charge in [0.1, 0.15) is 11.3 Å². The van der Waals surface area contributed by atoms with Gasteiger partial charge >= 0.3 is 12.0 Å². The Morgan fingerprint density at radius 1 is 1.33 bits per heavy atom. The average Bonchev–Trinajstić information content (AvgIpc) is 2.70. The van der Waals surface area contributed by atoms with E-state index in [0.29, 0.717) is 5.69 Å². The molecule has 6 nitrogen and oxygen atoms in total. The van der Waals surface area contributed by atoms with Crippen molar-refractivity contribution in [2.75, 3.05) is 5.32 Å². The number of rotatable bonds is 3. The van der Waals surface area contributed by atoms with E-state index in [-0.39, 0.29) is 28.8 Å². The first kappa shape index (κ1) is 15.2. The van der Waals surface area contributed by atoms with E-state index < -0.39 is 5.97 Å². The van der Waals surface area contributed by atoms with Crippen LogP contribution in [0, 0.1) is 5.41 Å². The third kappa shape index (κ3) is 3.87. The Balaban J connectivity index is 1.97. The van der Waals surface area contributed by atoms with Crippen LogP contribution in [0.2, 0.25) is 0 Å². The molecule has 2 rings (SSSR count). The zero-order chi connectivity index (χ0) is 15.6. The molecule has 1 aliphatic rings. The van der Waals surface area contributed by atoms with E-state index in [1.807, 2.05) is 0 Å². The molecule has 1 saturated carbocycles. The fourth-order valence-electron chi connectivity index (χ4n) is 2.70. The van der Waals surface area contributed by atoms with Crippen molar-refractivity contribution in [3.63, 3.8) is 0 Å². The highest BCUT2D eigenvalue weighted by Gasteiger charge is 2.31. The van der Waals surface area contributed by atoms with Crippen molar-refractivity contribution in [3.8, 4) is 5.75 Å². The first-order valence-electron chi connectivity index (χ1n) is 6.91. The van der Waals surface area contributed by atoms with Crippen molar-refractivity contribution in [3.05, 3.63) is 23.8 Å².